The van der Waals surface area contributed by atoms with Crippen LogP contribution in [0.1, 0.15) is 19.4 Å². The van der Waals surface area contributed by atoms with E-state index in [-0.39, 0.29) is 24.5 Å². The number of benzene rings is 1. The molecule has 0 atom stereocenters. The van der Waals surface area contributed by atoms with Crippen LogP contribution in [0.5, 0.6) is 0 Å². The predicted octanol–water partition coefficient (Wildman–Crippen LogP) is 2.03. The number of rotatable bonds is 6. The van der Waals surface area contributed by atoms with E-state index in [1.165, 1.54) is 6.92 Å². The summed E-state index contributed by atoms with van der Waals surface area (Å²) in [4.78, 5) is 41.0. The summed E-state index contributed by atoms with van der Waals surface area (Å²) in [7, 11) is 0. The van der Waals surface area contributed by atoms with E-state index < -0.39 is 0 Å². The molecular formula is C19H26ClN3O4. The van der Waals surface area contributed by atoms with Gasteiger partial charge in [0.25, 0.3) is 0 Å². The van der Waals surface area contributed by atoms with Crippen molar-refractivity contribution in [2.75, 3.05) is 45.9 Å². The van der Waals surface area contributed by atoms with Crippen LogP contribution in [0.4, 0.5) is 4.79 Å². The zero-order valence-corrected chi connectivity index (χ0v) is 16.6. The number of carbonyl (C=O) groups is 3. The zero-order chi connectivity index (χ0) is 19.8. The number of halogens is 1. The molecule has 3 amide bonds. The van der Waals surface area contributed by atoms with Gasteiger partial charge >= 0.3 is 6.09 Å². The second kappa shape index (κ2) is 10.2. The molecule has 8 heteroatoms. The lowest BCUT2D eigenvalue weighted by Crippen LogP contribution is -2.53. The van der Waals surface area contributed by atoms with Crippen LogP contribution in [-0.2, 0) is 20.7 Å². The number of hydrogen-bond acceptors (Lipinski definition) is 4. The van der Waals surface area contributed by atoms with Gasteiger partial charge in [-0.15, -0.1) is 0 Å². The number of hydrogen-bond donors (Lipinski definition) is 0. The Morgan fingerprint density at radius 3 is 2.41 bits per heavy atom. The maximum Gasteiger partial charge on any atom is 0.409 e. The third kappa shape index (κ3) is 6.43. The molecule has 1 aromatic rings. The fourth-order valence-corrected chi connectivity index (χ4v) is 3.13. The highest BCUT2D eigenvalue weighted by molar-refractivity contribution is 6.30. The van der Waals surface area contributed by atoms with Crippen LogP contribution in [0.3, 0.4) is 0 Å². The van der Waals surface area contributed by atoms with Crippen molar-refractivity contribution < 1.29 is 19.1 Å². The Morgan fingerprint density at radius 1 is 1.15 bits per heavy atom. The first-order chi connectivity index (χ1) is 12.9. The monoisotopic (exact) mass is 395 g/mol. The Labute approximate surface area is 164 Å². The molecule has 1 aliphatic rings. The standard InChI is InChI=1S/C19H26ClN3O4/c1-3-27-19(26)22-11-9-21(10-12-22)18(25)14-23(15(2)24)8-7-16-5-4-6-17(20)13-16/h4-6,13H,3,7-12,14H2,1-2H3. The Kier molecular flexibility index (Phi) is 7.91. The van der Waals surface area contributed by atoms with E-state index in [2.05, 4.69) is 0 Å². The van der Waals surface area contributed by atoms with Crippen molar-refractivity contribution in [2.24, 2.45) is 0 Å². The lowest BCUT2D eigenvalue weighted by atomic mass is 10.1. The second-order valence-corrected chi connectivity index (χ2v) is 6.82. The molecule has 148 valence electrons. The third-order valence-corrected chi connectivity index (χ3v) is 4.72. The van der Waals surface area contributed by atoms with Crippen molar-refractivity contribution >= 4 is 29.5 Å². The first-order valence-electron chi connectivity index (χ1n) is 9.10. The van der Waals surface area contributed by atoms with Crippen LogP contribution in [-0.4, -0.2) is 78.5 Å². The van der Waals surface area contributed by atoms with E-state index in [0.29, 0.717) is 50.8 Å². The molecule has 1 aromatic carbocycles. The van der Waals surface area contributed by atoms with Crippen LogP contribution in [0, 0.1) is 0 Å². The van der Waals surface area contributed by atoms with E-state index in [4.69, 9.17) is 16.3 Å². The molecular weight excluding hydrogens is 370 g/mol. The van der Waals surface area contributed by atoms with Crippen LogP contribution in [0.25, 0.3) is 0 Å². The Balaban J connectivity index is 1.84. The Morgan fingerprint density at radius 2 is 1.81 bits per heavy atom. The summed E-state index contributed by atoms with van der Waals surface area (Å²) < 4.78 is 4.98. The maximum absolute atomic E-state index is 12.6. The molecule has 0 N–H and O–H groups in total. The second-order valence-electron chi connectivity index (χ2n) is 6.39. The van der Waals surface area contributed by atoms with E-state index >= 15 is 0 Å². The molecule has 0 radical (unpaired) electrons. The van der Waals surface area contributed by atoms with Gasteiger partial charge in [0, 0.05) is 44.7 Å². The summed E-state index contributed by atoms with van der Waals surface area (Å²) in [5, 5.41) is 0.650. The van der Waals surface area contributed by atoms with Gasteiger partial charge in [-0.05, 0) is 31.0 Å². The van der Waals surface area contributed by atoms with Gasteiger partial charge in [0.15, 0.2) is 0 Å². The average Bonchev–Trinajstić information content (AvgIpc) is 2.65. The lowest BCUT2D eigenvalue weighted by molar-refractivity contribution is -0.140. The molecule has 1 fully saturated rings. The normalized spacial score (nSPS) is 14.0. The van der Waals surface area contributed by atoms with E-state index in [9.17, 15) is 14.4 Å². The molecule has 1 aliphatic heterocycles. The van der Waals surface area contributed by atoms with E-state index in [1.54, 1.807) is 27.7 Å². The van der Waals surface area contributed by atoms with Gasteiger partial charge in [-0.3, -0.25) is 9.59 Å². The lowest BCUT2D eigenvalue weighted by Gasteiger charge is -2.35. The van der Waals surface area contributed by atoms with E-state index in [1.807, 2.05) is 18.2 Å². The smallest absolute Gasteiger partial charge is 0.409 e. The average molecular weight is 396 g/mol. The first-order valence-corrected chi connectivity index (χ1v) is 9.48. The summed E-state index contributed by atoms with van der Waals surface area (Å²) >= 11 is 5.98. The largest absolute Gasteiger partial charge is 0.450 e. The topological polar surface area (TPSA) is 70.2 Å². The molecule has 1 heterocycles. The number of amides is 3. The van der Waals surface area contributed by atoms with Crippen molar-refractivity contribution in [1.29, 1.82) is 0 Å². The molecule has 7 nitrogen and oxygen atoms in total. The molecule has 1 saturated heterocycles. The fourth-order valence-electron chi connectivity index (χ4n) is 2.92. The Hall–Kier alpha value is -2.28. The van der Waals surface area contributed by atoms with Crippen LogP contribution < -0.4 is 0 Å². The highest BCUT2D eigenvalue weighted by atomic mass is 35.5. The van der Waals surface area contributed by atoms with Crippen molar-refractivity contribution in [3.63, 3.8) is 0 Å². The molecule has 0 bridgehead atoms. The van der Waals surface area contributed by atoms with Crippen molar-refractivity contribution in [2.45, 2.75) is 20.3 Å². The van der Waals surface area contributed by atoms with Gasteiger partial charge in [0.2, 0.25) is 11.8 Å². The van der Waals surface area contributed by atoms with Gasteiger partial charge < -0.3 is 19.4 Å². The van der Waals surface area contributed by atoms with Crippen molar-refractivity contribution in [1.82, 2.24) is 14.7 Å². The zero-order valence-electron chi connectivity index (χ0n) is 15.8. The third-order valence-electron chi connectivity index (χ3n) is 4.49. The summed E-state index contributed by atoms with van der Waals surface area (Å²) in [6.45, 7) is 5.80. The summed E-state index contributed by atoms with van der Waals surface area (Å²) in [6, 6.07) is 7.47. The number of piperazine rings is 1. The Bertz CT molecular complexity index is 675. The highest BCUT2D eigenvalue weighted by Crippen LogP contribution is 2.12. The van der Waals surface area contributed by atoms with Crippen LogP contribution in [0.15, 0.2) is 24.3 Å². The summed E-state index contributed by atoms with van der Waals surface area (Å²) in [6.07, 6.45) is 0.279. The van der Waals surface area contributed by atoms with Crippen LogP contribution in [0.2, 0.25) is 5.02 Å². The minimum absolute atomic E-state index is 0.0370. The highest BCUT2D eigenvalue weighted by Gasteiger charge is 2.26. The number of carbonyl (C=O) groups excluding carboxylic acids is 3. The molecule has 0 aliphatic carbocycles. The number of nitrogens with zero attached hydrogens (tertiary/aromatic N) is 3. The molecule has 0 unspecified atom stereocenters. The van der Waals surface area contributed by atoms with Gasteiger partial charge in [0.05, 0.1) is 13.2 Å². The van der Waals surface area contributed by atoms with Crippen molar-refractivity contribution in [3.8, 4) is 0 Å². The predicted molar refractivity (Wildman–Crippen MR) is 103 cm³/mol. The molecule has 0 spiro atoms. The van der Waals surface area contributed by atoms with Crippen LogP contribution >= 0.6 is 11.6 Å². The van der Waals surface area contributed by atoms with Gasteiger partial charge in [-0.1, -0.05) is 23.7 Å². The SMILES string of the molecule is CCOC(=O)N1CCN(C(=O)CN(CCc2cccc(Cl)c2)C(C)=O)CC1. The van der Waals surface area contributed by atoms with Gasteiger partial charge in [-0.25, -0.2) is 4.79 Å². The van der Waals surface area contributed by atoms with Gasteiger partial charge in [-0.2, -0.15) is 0 Å². The molecule has 0 aromatic heterocycles. The van der Waals surface area contributed by atoms with Gasteiger partial charge in [0.1, 0.15) is 0 Å². The van der Waals surface area contributed by atoms with Crippen molar-refractivity contribution in [3.05, 3.63) is 34.9 Å². The quantitative estimate of drug-likeness (QED) is 0.739. The first kappa shape index (κ1) is 21.0. The van der Waals surface area contributed by atoms with E-state index in [0.717, 1.165) is 5.56 Å². The summed E-state index contributed by atoms with van der Waals surface area (Å²) in [5.41, 5.74) is 1.02. The number of ether oxygens (including phenoxy) is 1. The molecule has 27 heavy (non-hydrogen) atoms. The molecule has 0 saturated carbocycles. The fraction of sp³-hybridized carbons (Fsp3) is 0.526. The summed E-state index contributed by atoms with van der Waals surface area (Å²) in [5.74, 6) is -0.254. The minimum atomic E-state index is -0.350. The molecule has 2 rings (SSSR count). The minimum Gasteiger partial charge on any atom is -0.450 e. The maximum atomic E-state index is 12.6.